The fourth-order valence-electron chi connectivity index (χ4n) is 3.32. The molecule has 0 fully saturated rings. The number of likely N-dealkylation sites (N-methyl/N-ethyl adjacent to an activating group) is 1. The molecule has 0 saturated carbocycles. The molecule has 1 aliphatic rings. The normalized spacial score (nSPS) is 16.7. The molecule has 1 unspecified atom stereocenters. The number of hydrogen-bond donors (Lipinski definition) is 1. The van der Waals surface area contributed by atoms with Crippen LogP contribution in [-0.2, 0) is 0 Å². The van der Waals surface area contributed by atoms with E-state index in [-0.39, 0.29) is 12.1 Å². The number of hydrogen-bond acceptors (Lipinski definition) is 3. The number of amides is 1. The molecule has 132 valence electrons. The molecule has 0 bridgehead atoms. The van der Waals surface area contributed by atoms with Gasteiger partial charge < -0.3 is 15.1 Å². The summed E-state index contributed by atoms with van der Waals surface area (Å²) in [5.41, 5.74) is 4.01. The van der Waals surface area contributed by atoms with Crippen LogP contribution in [0.5, 0.6) is 0 Å². The Morgan fingerprint density at radius 2 is 1.72 bits per heavy atom. The van der Waals surface area contributed by atoms with Crippen molar-refractivity contribution in [2.75, 3.05) is 31.5 Å². The van der Waals surface area contributed by atoms with E-state index < -0.39 is 0 Å². The Hall–Kier alpha value is -2.33. The number of aryl methyl sites for hydroxylation is 1. The highest BCUT2D eigenvalue weighted by Gasteiger charge is 2.32. The molecule has 3 rings (SSSR count). The third kappa shape index (κ3) is 3.69. The Balaban J connectivity index is 1.91. The zero-order chi connectivity index (χ0) is 17.8. The minimum Gasteiger partial charge on any atom is -0.361 e. The first kappa shape index (κ1) is 17.5. The molecular formula is C21H27N3O. The molecule has 1 aliphatic heterocycles. The van der Waals surface area contributed by atoms with Crippen molar-refractivity contribution in [3.63, 3.8) is 0 Å². The Morgan fingerprint density at radius 1 is 1.04 bits per heavy atom. The smallest absolute Gasteiger partial charge is 0.257 e. The Labute approximate surface area is 150 Å². The van der Waals surface area contributed by atoms with Crippen molar-refractivity contribution in [1.29, 1.82) is 0 Å². The minimum atomic E-state index is -0.126. The van der Waals surface area contributed by atoms with Crippen LogP contribution in [0.1, 0.15) is 41.5 Å². The summed E-state index contributed by atoms with van der Waals surface area (Å²) in [6, 6.07) is 16.2. The maximum absolute atomic E-state index is 13.1. The van der Waals surface area contributed by atoms with Gasteiger partial charge >= 0.3 is 0 Å². The van der Waals surface area contributed by atoms with Crippen LogP contribution in [0.25, 0.3) is 0 Å². The van der Waals surface area contributed by atoms with Gasteiger partial charge in [0, 0.05) is 18.8 Å². The summed E-state index contributed by atoms with van der Waals surface area (Å²) in [4.78, 5) is 17.4. The molecule has 1 heterocycles. The van der Waals surface area contributed by atoms with Crippen molar-refractivity contribution in [3.8, 4) is 0 Å². The third-order valence-electron chi connectivity index (χ3n) is 4.97. The molecule has 1 atom stereocenters. The molecule has 0 aromatic heterocycles. The van der Waals surface area contributed by atoms with Crippen LogP contribution >= 0.6 is 0 Å². The molecule has 25 heavy (non-hydrogen) atoms. The monoisotopic (exact) mass is 337 g/mol. The van der Waals surface area contributed by atoms with Gasteiger partial charge in [0.1, 0.15) is 6.17 Å². The van der Waals surface area contributed by atoms with Gasteiger partial charge in [0.15, 0.2) is 0 Å². The van der Waals surface area contributed by atoms with E-state index in [0.717, 1.165) is 36.4 Å². The standard InChI is InChI=1S/C21H27N3O/c1-4-23(5-2)14-15-24-20(17-12-10-16(3)11-13-17)22-19-9-7-6-8-18(19)21(24)25/h6-13,20,22H,4-5,14-15H2,1-3H3. The van der Waals surface area contributed by atoms with Crippen molar-refractivity contribution in [2.45, 2.75) is 26.9 Å². The van der Waals surface area contributed by atoms with Crippen LogP contribution in [-0.4, -0.2) is 41.9 Å². The lowest BCUT2D eigenvalue weighted by atomic mass is 10.0. The van der Waals surface area contributed by atoms with E-state index in [2.05, 4.69) is 55.3 Å². The van der Waals surface area contributed by atoms with Crippen LogP contribution in [0.4, 0.5) is 5.69 Å². The third-order valence-corrected chi connectivity index (χ3v) is 4.97. The van der Waals surface area contributed by atoms with Gasteiger partial charge in [0.25, 0.3) is 5.91 Å². The number of carbonyl (C=O) groups excluding carboxylic acids is 1. The topological polar surface area (TPSA) is 35.6 Å². The maximum Gasteiger partial charge on any atom is 0.257 e. The first-order chi connectivity index (χ1) is 12.1. The summed E-state index contributed by atoms with van der Waals surface area (Å²) in [6.07, 6.45) is -0.126. The van der Waals surface area contributed by atoms with E-state index in [1.54, 1.807) is 0 Å². The van der Waals surface area contributed by atoms with Crippen molar-refractivity contribution in [2.24, 2.45) is 0 Å². The zero-order valence-corrected chi connectivity index (χ0v) is 15.3. The van der Waals surface area contributed by atoms with Crippen LogP contribution in [0, 0.1) is 6.92 Å². The van der Waals surface area contributed by atoms with E-state index in [0.29, 0.717) is 6.54 Å². The molecule has 1 N–H and O–H groups in total. The summed E-state index contributed by atoms with van der Waals surface area (Å²) >= 11 is 0. The predicted octanol–water partition coefficient (Wildman–Crippen LogP) is 3.90. The number of anilines is 1. The van der Waals surface area contributed by atoms with Gasteiger partial charge in [-0.15, -0.1) is 0 Å². The van der Waals surface area contributed by atoms with E-state index in [1.807, 2.05) is 29.2 Å². The van der Waals surface area contributed by atoms with Crippen LogP contribution < -0.4 is 5.32 Å². The fraction of sp³-hybridized carbons (Fsp3) is 0.381. The van der Waals surface area contributed by atoms with E-state index in [9.17, 15) is 4.79 Å². The molecule has 4 nitrogen and oxygen atoms in total. The molecular weight excluding hydrogens is 310 g/mol. The number of benzene rings is 2. The van der Waals surface area contributed by atoms with Crippen molar-refractivity contribution >= 4 is 11.6 Å². The fourth-order valence-corrected chi connectivity index (χ4v) is 3.32. The lowest BCUT2D eigenvalue weighted by Crippen LogP contribution is -2.46. The van der Waals surface area contributed by atoms with Gasteiger partial charge in [-0.3, -0.25) is 4.79 Å². The number of nitrogens with zero attached hydrogens (tertiary/aromatic N) is 2. The summed E-state index contributed by atoms with van der Waals surface area (Å²) in [7, 11) is 0. The minimum absolute atomic E-state index is 0.104. The van der Waals surface area contributed by atoms with Gasteiger partial charge in [0.2, 0.25) is 0 Å². The molecule has 2 aromatic carbocycles. The first-order valence-corrected chi connectivity index (χ1v) is 9.09. The first-order valence-electron chi connectivity index (χ1n) is 9.09. The second-order valence-electron chi connectivity index (χ2n) is 6.53. The van der Waals surface area contributed by atoms with Gasteiger partial charge in [-0.05, 0) is 37.7 Å². The van der Waals surface area contributed by atoms with Crippen molar-refractivity contribution in [3.05, 3.63) is 65.2 Å². The lowest BCUT2D eigenvalue weighted by Gasteiger charge is -2.39. The number of para-hydroxylation sites is 1. The average Bonchev–Trinajstić information content (AvgIpc) is 2.64. The second-order valence-corrected chi connectivity index (χ2v) is 6.53. The average molecular weight is 337 g/mol. The Morgan fingerprint density at radius 3 is 2.40 bits per heavy atom. The predicted molar refractivity (Wildman–Crippen MR) is 103 cm³/mol. The van der Waals surface area contributed by atoms with E-state index in [1.165, 1.54) is 5.56 Å². The van der Waals surface area contributed by atoms with Gasteiger partial charge in [-0.25, -0.2) is 0 Å². The quantitative estimate of drug-likeness (QED) is 0.868. The zero-order valence-electron chi connectivity index (χ0n) is 15.3. The summed E-state index contributed by atoms with van der Waals surface area (Å²) in [6.45, 7) is 9.98. The molecule has 0 radical (unpaired) electrons. The van der Waals surface area contributed by atoms with Crippen molar-refractivity contribution < 1.29 is 4.79 Å². The molecule has 0 aliphatic carbocycles. The van der Waals surface area contributed by atoms with E-state index in [4.69, 9.17) is 0 Å². The number of carbonyl (C=O) groups is 1. The highest BCUT2D eigenvalue weighted by atomic mass is 16.2. The second kappa shape index (κ2) is 7.70. The SMILES string of the molecule is CCN(CC)CCN1C(=O)c2ccccc2NC1c1ccc(C)cc1. The van der Waals surface area contributed by atoms with Gasteiger partial charge in [-0.1, -0.05) is 55.8 Å². The van der Waals surface area contributed by atoms with Crippen LogP contribution in [0.15, 0.2) is 48.5 Å². The summed E-state index contributed by atoms with van der Waals surface area (Å²) in [5.74, 6) is 0.104. The Bertz CT molecular complexity index is 722. The van der Waals surface area contributed by atoms with Gasteiger partial charge in [-0.2, -0.15) is 0 Å². The lowest BCUT2D eigenvalue weighted by molar-refractivity contribution is 0.0660. The van der Waals surface area contributed by atoms with Crippen LogP contribution in [0.3, 0.4) is 0 Å². The maximum atomic E-state index is 13.1. The summed E-state index contributed by atoms with van der Waals surface area (Å²) < 4.78 is 0. The number of nitrogens with one attached hydrogen (secondary N) is 1. The highest BCUT2D eigenvalue weighted by Crippen LogP contribution is 2.32. The van der Waals surface area contributed by atoms with Gasteiger partial charge in [0.05, 0.1) is 5.56 Å². The molecule has 0 saturated heterocycles. The van der Waals surface area contributed by atoms with E-state index >= 15 is 0 Å². The molecule has 0 spiro atoms. The summed E-state index contributed by atoms with van der Waals surface area (Å²) in [5, 5.41) is 3.56. The molecule has 2 aromatic rings. The number of rotatable bonds is 6. The Kier molecular flexibility index (Phi) is 5.39. The number of fused-ring (bicyclic) bond motifs is 1. The van der Waals surface area contributed by atoms with Crippen LogP contribution in [0.2, 0.25) is 0 Å². The van der Waals surface area contributed by atoms with Crippen molar-refractivity contribution in [1.82, 2.24) is 9.80 Å². The molecule has 1 amide bonds. The highest BCUT2D eigenvalue weighted by molar-refractivity contribution is 6.01. The largest absolute Gasteiger partial charge is 0.361 e. The molecule has 4 heteroatoms.